The van der Waals surface area contributed by atoms with Crippen LogP contribution in [0.3, 0.4) is 0 Å². The zero-order chi connectivity index (χ0) is 24.1. The van der Waals surface area contributed by atoms with Crippen molar-refractivity contribution in [3.8, 4) is 0 Å². The van der Waals surface area contributed by atoms with Crippen molar-refractivity contribution in [1.82, 2.24) is 15.2 Å². The van der Waals surface area contributed by atoms with E-state index in [9.17, 15) is 22.8 Å². The van der Waals surface area contributed by atoms with Crippen LogP contribution in [0.25, 0.3) is 0 Å². The molecule has 34 heavy (non-hydrogen) atoms. The Morgan fingerprint density at radius 1 is 1.12 bits per heavy atom. The van der Waals surface area contributed by atoms with Crippen LogP contribution >= 0.6 is 0 Å². The largest absolute Gasteiger partial charge is 0.459 e. The number of aromatic nitrogens is 1. The van der Waals surface area contributed by atoms with E-state index in [0.29, 0.717) is 56.3 Å². The van der Waals surface area contributed by atoms with Crippen molar-refractivity contribution in [2.75, 3.05) is 37.6 Å². The number of hydrogen-bond acceptors (Lipinski definition) is 6. The first-order valence-electron chi connectivity index (χ1n) is 12.1. The molecule has 1 saturated heterocycles. The quantitative estimate of drug-likeness (QED) is 0.654. The van der Waals surface area contributed by atoms with Crippen LogP contribution in [0.15, 0.2) is 18.3 Å². The number of amides is 1. The van der Waals surface area contributed by atoms with E-state index < -0.39 is 11.7 Å². The first-order chi connectivity index (χ1) is 16.1. The molecule has 0 spiro atoms. The third kappa shape index (κ3) is 4.74. The van der Waals surface area contributed by atoms with E-state index in [4.69, 9.17) is 4.74 Å². The van der Waals surface area contributed by atoms with Gasteiger partial charge in [0, 0.05) is 45.3 Å². The normalized spacial score (nSPS) is 33.1. The Hall–Kier alpha value is -2.36. The molecular weight excluding hydrogens is 449 g/mol. The fourth-order valence-electron chi connectivity index (χ4n) is 6.93. The molecule has 1 aliphatic heterocycles. The molecule has 5 aliphatic rings. The van der Waals surface area contributed by atoms with Crippen molar-refractivity contribution >= 4 is 17.7 Å². The van der Waals surface area contributed by atoms with Crippen LogP contribution < -0.4 is 10.2 Å². The summed E-state index contributed by atoms with van der Waals surface area (Å²) >= 11 is 0. The van der Waals surface area contributed by atoms with Gasteiger partial charge < -0.3 is 15.0 Å². The summed E-state index contributed by atoms with van der Waals surface area (Å²) in [6.07, 6.45) is 1.28. The second kappa shape index (κ2) is 8.70. The average molecular weight is 481 g/mol. The summed E-state index contributed by atoms with van der Waals surface area (Å²) in [6.45, 7) is 4.28. The van der Waals surface area contributed by atoms with Crippen LogP contribution in [0, 0.1) is 17.8 Å². The third-order valence-corrected chi connectivity index (χ3v) is 8.04. The number of piperazine rings is 1. The van der Waals surface area contributed by atoms with Gasteiger partial charge in [0.15, 0.2) is 0 Å². The molecule has 6 rings (SSSR count). The smallest absolute Gasteiger partial charge is 0.417 e. The van der Waals surface area contributed by atoms with Gasteiger partial charge in [0.1, 0.15) is 11.4 Å². The molecule has 1 aromatic heterocycles. The average Bonchev–Trinajstić information content (AvgIpc) is 2.75. The second-order valence-corrected chi connectivity index (χ2v) is 10.5. The van der Waals surface area contributed by atoms with E-state index in [-0.39, 0.29) is 23.5 Å². The predicted molar refractivity (Wildman–Crippen MR) is 118 cm³/mol. The van der Waals surface area contributed by atoms with Crippen LogP contribution in [-0.2, 0) is 20.5 Å². The van der Waals surface area contributed by atoms with Crippen molar-refractivity contribution in [1.29, 1.82) is 0 Å². The Labute approximate surface area is 197 Å². The van der Waals surface area contributed by atoms with E-state index in [0.717, 1.165) is 44.4 Å². The number of esters is 1. The maximum atomic E-state index is 12.9. The number of pyridine rings is 1. The molecule has 2 heterocycles. The minimum atomic E-state index is -4.39. The number of hydrogen-bond donors (Lipinski definition) is 1. The van der Waals surface area contributed by atoms with Gasteiger partial charge >= 0.3 is 12.1 Å². The molecule has 0 radical (unpaired) electrons. The molecule has 5 fully saturated rings. The highest BCUT2D eigenvalue weighted by atomic mass is 19.4. The molecule has 10 heteroatoms. The lowest BCUT2D eigenvalue weighted by molar-refractivity contribution is -0.189. The first kappa shape index (κ1) is 23.4. The van der Waals surface area contributed by atoms with Crippen LogP contribution in [-0.4, -0.2) is 66.1 Å². The Morgan fingerprint density at radius 3 is 2.35 bits per heavy atom. The van der Waals surface area contributed by atoms with Crippen molar-refractivity contribution < 1.29 is 27.5 Å². The number of rotatable bonds is 5. The van der Waals surface area contributed by atoms with Gasteiger partial charge in [0.05, 0.1) is 12.1 Å². The highest BCUT2D eigenvalue weighted by Crippen LogP contribution is 2.57. The van der Waals surface area contributed by atoms with E-state index >= 15 is 0 Å². The molecular formula is C24H31F3N4O3. The van der Waals surface area contributed by atoms with Gasteiger partial charge in [0.25, 0.3) is 0 Å². The summed E-state index contributed by atoms with van der Waals surface area (Å²) < 4.78 is 44.0. The van der Waals surface area contributed by atoms with Gasteiger partial charge in [-0.2, -0.15) is 13.2 Å². The standard InChI is InChI=1S/C24H31F3N4O3/c1-15(32)34-23-10-16-8-17(11-23)22(18(9-16)12-23)29-21(33)14-30-4-6-31(7-5-30)20-3-2-19(13-28-20)24(25,26)27/h2-3,13,16-18,22H,4-12,14H2,1H3,(H,29,33)/t16?,17-,18+,22?,23?. The lowest BCUT2D eigenvalue weighted by Gasteiger charge is -2.59. The topological polar surface area (TPSA) is 74.8 Å². The van der Waals surface area contributed by atoms with Gasteiger partial charge in [-0.1, -0.05) is 0 Å². The van der Waals surface area contributed by atoms with Crippen LogP contribution in [0.4, 0.5) is 19.0 Å². The lowest BCUT2D eigenvalue weighted by Crippen LogP contribution is -2.63. The number of carbonyl (C=O) groups excluding carboxylic acids is 2. The molecule has 5 atom stereocenters. The molecule has 4 saturated carbocycles. The minimum Gasteiger partial charge on any atom is -0.459 e. The van der Waals surface area contributed by atoms with Gasteiger partial charge in [0.2, 0.25) is 5.91 Å². The van der Waals surface area contributed by atoms with Crippen LogP contribution in [0.2, 0.25) is 0 Å². The molecule has 0 aromatic carbocycles. The summed E-state index contributed by atoms with van der Waals surface area (Å²) in [7, 11) is 0. The van der Waals surface area contributed by atoms with Crippen LogP contribution in [0.5, 0.6) is 0 Å². The molecule has 1 N–H and O–H groups in total. The minimum absolute atomic E-state index is 0.0140. The molecule has 4 bridgehead atoms. The Bertz CT molecular complexity index is 914. The number of carbonyl (C=O) groups is 2. The SMILES string of the molecule is CC(=O)OC12CC3C[C@H](C1)C(NC(=O)CN1CCN(c4ccc(C(F)(F)F)cn4)CC1)[C@@H](C3)C2. The predicted octanol–water partition coefficient (Wildman–Crippen LogP) is 2.85. The van der Waals surface area contributed by atoms with Crippen molar-refractivity contribution in [3.63, 3.8) is 0 Å². The van der Waals surface area contributed by atoms with Gasteiger partial charge in [-0.15, -0.1) is 0 Å². The number of nitrogens with zero attached hydrogens (tertiary/aromatic N) is 3. The summed E-state index contributed by atoms with van der Waals surface area (Å²) in [5.41, 5.74) is -1.08. The van der Waals surface area contributed by atoms with Crippen LogP contribution in [0.1, 0.15) is 44.6 Å². The van der Waals surface area contributed by atoms with Crippen molar-refractivity contribution in [3.05, 3.63) is 23.9 Å². The summed E-state index contributed by atoms with van der Waals surface area (Å²) in [6, 6.07) is 2.60. The van der Waals surface area contributed by atoms with E-state index in [2.05, 4.69) is 15.2 Å². The monoisotopic (exact) mass is 480 g/mol. The number of nitrogens with one attached hydrogen (secondary N) is 1. The Balaban J connectivity index is 1.11. The fourth-order valence-corrected chi connectivity index (χ4v) is 6.93. The zero-order valence-electron chi connectivity index (χ0n) is 19.3. The Kier molecular flexibility index (Phi) is 5.98. The summed E-state index contributed by atoms with van der Waals surface area (Å²) in [5, 5.41) is 3.29. The van der Waals surface area contributed by atoms with Crippen molar-refractivity contribution in [2.45, 2.75) is 56.8 Å². The number of anilines is 1. The number of ether oxygens (including phenoxy) is 1. The first-order valence-corrected chi connectivity index (χ1v) is 12.1. The number of halogens is 3. The molecule has 3 unspecified atom stereocenters. The van der Waals surface area contributed by atoms with Gasteiger partial charge in [-0.05, 0) is 62.0 Å². The Morgan fingerprint density at radius 2 is 1.79 bits per heavy atom. The second-order valence-electron chi connectivity index (χ2n) is 10.5. The zero-order valence-corrected chi connectivity index (χ0v) is 19.3. The lowest BCUT2D eigenvalue weighted by atomic mass is 9.52. The summed E-state index contributed by atoms with van der Waals surface area (Å²) in [5.74, 6) is 1.62. The van der Waals surface area contributed by atoms with E-state index in [1.54, 1.807) is 0 Å². The molecule has 4 aliphatic carbocycles. The summed E-state index contributed by atoms with van der Waals surface area (Å²) in [4.78, 5) is 32.5. The third-order valence-electron chi connectivity index (χ3n) is 8.04. The maximum absolute atomic E-state index is 12.9. The van der Waals surface area contributed by atoms with Gasteiger partial charge in [-0.3, -0.25) is 14.5 Å². The fraction of sp³-hybridized carbons (Fsp3) is 0.708. The number of alkyl halides is 3. The van der Waals surface area contributed by atoms with E-state index in [1.807, 2.05) is 4.90 Å². The van der Waals surface area contributed by atoms with Gasteiger partial charge in [-0.25, -0.2) is 4.98 Å². The molecule has 1 aromatic rings. The maximum Gasteiger partial charge on any atom is 0.417 e. The van der Waals surface area contributed by atoms with Crippen molar-refractivity contribution in [2.24, 2.45) is 17.8 Å². The highest BCUT2D eigenvalue weighted by molar-refractivity contribution is 5.78. The molecule has 186 valence electrons. The molecule has 7 nitrogen and oxygen atoms in total. The van der Waals surface area contributed by atoms with E-state index in [1.165, 1.54) is 13.0 Å². The molecule has 1 amide bonds. The highest BCUT2D eigenvalue weighted by Gasteiger charge is 2.57.